The zero-order chi connectivity index (χ0) is 15.1. The van der Waals surface area contributed by atoms with Gasteiger partial charge in [0.1, 0.15) is 0 Å². The van der Waals surface area contributed by atoms with Gasteiger partial charge in [-0.3, -0.25) is 4.79 Å². The predicted octanol–water partition coefficient (Wildman–Crippen LogP) is 2.74. The van der Waals surface area contributed by atoms with Gasteiger partial charge < -0.3 is 10.6 Å². The van der Waals surface area contributed by atoms with Crippen molar-refractivity contribution in [1.29, 1.82) is 0 Å². The van der Waals surface area contributed by atoms with Gasteiger partial charge in [0.25, 0.3) is 0 Å². The smallest absolute Gasteiger partial charge is 0.226 e. The number of hydrogen-bond acceptors (Lipinski definition) is 3. The molecule has 0 aromatic carbocycles. The summed E-state index contributed by atoms with van der Waals surface area (Å²) in [6.45, 7) is 12.0. The largest absolute Gasteiger partial charge is 0.338 e. The summed E-state index contributed by atoms with van der Waals surface area (Å²) in [6.07, 6.45) is 1.93. The van der Waals surface area contributed by atoms with Gasteiger partial charge in [0.05, 0.1) is 0 Å². The first-order valence-corrected chi connectivity index (χ1v) is 8.99. The molecule has 5 unspecified atom stereocenters. The Bertz CT molecular complexity index is 371. The molecule has 5 atom stereocenters. The van der Waals surface area contributed by atoms with E-state index in [4.69, 9.17) is 5.73 Å². The van der Waals surface area contributed by atoms with Gasteiger partial charge in [-0.15, -0.1) is 0 Å². The van der Waals surface area contributed by atoms with Crippen LogP contribution in [0.3, 0.4) is 0 Å². The number of amides is 1. The number of carbonyl (C=O) groups excluding carboxylic acids is 1. The first-order valence-electron chi connectivity index (χ1n) is 7.94. The van der Waals surface area contributed by atoms with Crippen molar-refractivity contribution in [2.45, 2.75) is 64.8 Å². The van der Waals surface area contributed by atoms with Crippen molar-refractivity contribution >= 4 is 17.7 Å². The monoisotopic (exact) mass is 298 g/mol. The summed E-state index contributed by atoms with van der Waals surface area (Å²) in [6, 6.07) is 0.588. The van der Waals surface area contributed by atoms with Crippen LogP contribution < -0.4 is 5.73 Å². The topological polar surface area (TPSA) is 46.3 Å². The van der Waals surface area contributed by atoms with E-state index in [1.807, 2.05) is 11.8 Å². The van der Waals surface area contributed by atoms with Crippen LogP contribution in [0.4, 0.5) is 0 Å². The molecule has 2 N–H and O–H groups in total. The second kappa shape index (κ2) is 5.88. The minimum absolute atomic E-state index is 0.00228. The molecule has 1 aliphatic heterocycles. The molecule has 2 rings (SSSR count). The molecule has 0 aromatic heterocycles. The first-order chi connectivity index (χ1) is 9.26. The molecule has 1 saturated heterocycles. The SMILES string of the molecule is CC1SCCN(C(=O)C2CCC(N)C(C)C2(C)C)C1C. The Balaban J connectivity index is 2.16. The fraction of sp³-hybridized carbons (Fsp3) is 0.938. The standard InChI is InChI=1S/C16H30N2OS/c1-10-14(17)7-6-13(16(10,4)5)15(19)18-8-9-20-12(3)11(18)2/h10-14H,6-9,17H2,1-5H3. The third kappa shape index (κ3) is 2.74. The van der Waals surface area contributed by atoms with Crippen molar-refractivity contribution in [2.75, 3.05) is 12.3 Å². The molecule has 2 aliphatic rings. The van der Waals surface area contributed by atoms with Crippen LogP contribution in [0.25, 0.3) is 0 Å². The van der Waals surface area contributed by atoms with Crippen LogP contribution in [0.5, 0.6) is 0 Å². The average Bonchev–Trinajstić information content (AvgIpc) is 2.39. The van der Waals surface area contributed by atoms with E-state index >= 15 is 0 Å². The van der Waals surface area contributed by atoms with Gasteiger partial charge in [-0.2, -0.15) is 11.8 Å². The Morgan fingerprint density at radius 3 is 2.55 bits per heavy atom. The molecular formula is C16H30N2OS. The highest BCUT2D eigenvalue weighted by Gasteiger charge is 2.47. The molecule has 2 fully saturated rings. The van der Waals surface area contributed by atoms with Gasteiger partial charge in [-0.05, 0) is 31.1 Å². The Labute approximate surface area is 128 Å². The van der Waals surface area contributed by atoms with E-state index in [0.29, 0.717) is 23.1 Å². The van der Waals surface area contributed by atoms with Crippen LogP contribution in [0.2, 0.25) is 0 Å². The Hall–Kier alpha value is -0.220. The second-order valence-corrected chi connectivity index (χ2v) is 8.74. The molecule has 1 aliphatic carbocycles. The molecule has 0 radical (unpaired) electrons. The summed E-state index contributed by atoms with van der Waals surface area (Å²) in [5.74, 6) is 1.97. The van der Waals surface area contributed by atoms with E-state index in [1.165, 1.54) is 0 Å². The Morgan fingerprint density at radius 2 is 1.90 bits per heavy atom. The fourth-order valence-electron chi connectivity index (χ4n) is 3.74. The lowest BCUT2D eigenvalue weighted by Gasteiger charge is -2.49. The Kier molecular flexibility index (Phi) is 4.75. The maximum atomic E-state index is 13.1. The highest BCUT2D eigenvalue weighted by Crippen LogP contribution is 2.45. The third-order valence-electron chi connectivity index (χ3n) is 5.97. The van der Waals surface area contributed by atoms with Crippen molar-refractivity contribution in [2.24, 2.45) is 23.0 Å². The number of hydrogen-bond donors (Lipinski definition) is 1. The van der Waals surface area contributed by atoms with Crippen LogP contribution in [0.1, 0.15) is 47.5 Å². The number of nitrogens with zero attached hydrogens (tertiary/aromatic N) is 1. The van der Waals surface area contributed by atoms with Crippen molar-refractivity contribution in [3.05, 3.63) is 0 Å². The van der Waals surface area contributed by atoms with E-state index in [-0.39, 0.29) is 17.4 Å². The molecule has 1 heterocycles. The third-order valence-corrected chi connectivity index (χ3v) is 7.31. The van der Waals surface area contributed by atoms with Crippen molar-refractivity contribution in [1.82, 2.24) is 4.90 Å². The molecule has 0 aromatic rings. The van der Waals surface area contributed by atoms with Gasteiger partial charge in [0, 0.05) is 35.5 Å². The highest BCUT2D eigenvalue weighted by molar-refractivity contribution is 8.00. The summed E-state index contributed by atoms with van der Waals surface area (Å²) >= 11 is 1.98. The van der Waals surface area contributed by atoms with Crippen molar-refractivity contribution in [3.63, 3.8) is 0 Å². The maximum Gasteiger partial charge on any atom is 0.226 e. The van der Waals surface area contributed by atoms with E-state index in [9.17, 15) is 4.79 Å². The molecule has 0 spiro atoms. The summed E-state index contributed by atoms with van der Waals surface area (Å²) in [4.78, 5) is 15.2. The lowest BCUT2D eigenvalue weighted by Crippen LogP contribution is -2.56. The quantitative estimate of drug-likeness (QED) is 0.809. The zero-order valence-electron chi connectivity index (χ0n) is 13.6. The lowest BCUT2D eigenvalue weighted by molar-refractivity contribution is -0.145. The van der Waals surface area contributed by atoms with Gasteiger partial charge in [0.15, 0.2) is 0 Å². The zero-order valence-corrected chi connectivity index (χ0v) is 14.4. The van der Waals surface area contributed by atoms with E-state index in [2.05, 4.69) is 39.5 Å². The molecule has 116 valence electrons. The number of thioether (sulfide) groups is 1. The Morgan fingerprint density at radius 1 is 1.25 bits per heavy atom. The van der Waals surface area contributed by atoms with Crippen molar-refractivity contribution in [3.8, 4) is 0 Å². The normalized spacial score (nSPS) is 41.5. The minimum Gasteiger partial charge on any atom is -0.338 e. The van der Waals surface area contributed by atoms with E-state index < -0.39 is 0 Å². The molecule has 1 saturated carbocycles. The molecule has 3 nitrogen and oxygen atoms in total. The molecule has 4 heteroatoms. The van der Waals surface area contributed by atoms with E-state index in [1.54, 1.807) is 0 Å². The van der Waals surface area contributed by atoms with Gasteiger partial charge in [0.2, 0.25) is 5.91 Å². The molecule has 0 bridgehead atoms. The summed E-state index contributed by atoms with van der Waals surface area (Å²) in [7, 11) is 0. The van der Waals surface area contributed by atoms with Crippen LogP contribution >= 0.6 is 11.8 Å². The highest BCUT2D eigenvalue weighted by atomic mass is 32.2. The maximum absolute atomic E-state index is 13.1. The van der Waals surface area contributed by atoms with E-state index in [0.717, 1.165) is 25.1 Å². The number of nitrogens with two attached hydrogens (primary N) is 1. The minimum atomic E-state index is 0.00228. The number of rotatable bonds is 1. The van der Waals surface area contributed by atoms with Crippen molar-refractivity contribution < 1.29 is 4.79 Å². The predicted molar refractivity (Wildman–Crippen MR) is 86.7 cm³/mol. The molecular weight excluding hydrogens is 268 g/mol. The van der Waals surface area contributed by atoms with Gasteiger partial charge >= 0.3 is 0 Å². The van der Waals surface area contributed by atoms with Gasteiger partial charge in [-0.1, -0.05) is 27.7 Å². The first kappa shape index (κ1) is 16.2. The summed E-state index contributed by atoms with van der Waals surface area (Å²) in [5.41, 5.74) is 6.22. The van der Waals surface area contributed by atoms with Crippen LogP contribution in [0.15, 0.2) is 0 Å². The summed E-state index contributed by atoms with van der Waals surface area (Å²) < 4.78 is 0. The van der Waals surface area contributed by atoms with Crippen LogP contribution in [-0.2, 0) is 4.79 Å². The summed E-state index contributed by atoms with van der Waals surface area (Å²) in [5, 5.41) is 0.541. The average molecular weight is 298 g/mol. The van der Waals surface area contributed by atoms with Gasteiger partial charge in [-0.25, -0.2) is 0 Å². The lowest BCUT2D eigenvalue weighted by atomic mass is 9.60. The molecule has 20 heavy (non-hydrogen) atoms. The fourth-order valence-corrected chi connectivity index (χ4v) is 4.84. The molecule has 1 amide bonds. The van der Waals surface area contributed by atoms with Crippen LogP contribution in [0, 0.1) is 17.3 Å². The van der Waals surface area contributed by atoms with Crippen LogP contribution in [-0.4, -0.2) is 40.4 Å². The number of carbonyl (C=O) groups is 1. The second-order valence-electron chi connectivity index (χ2n) is 7.25.